The molecule has 126 valence electrons. The summed E-state index contributed by atoms with van der Waals surface area (Å²) < 4.78 is 11.2. The van der Waals surface area contributed by atoms with Crippen LogP contribution in [0.5, 0.6) is 0 Å². The molecule has 0 N–H and O–H groups in total. The molecule has 0 amide bonds. The Kier molecular flexibility index (Phi) is 7.54. The number of carbonyl (C=O) groups is 1. The number of benzene rings is 1. The Balaban J connectivity index is 2.18. The maximum Gasteiger partial charge on any atom is 0.339 e. The molecule has 3 nitrogen and oxygen atoms in total. The highest BCUT2D eigenvalue weighted by atomic mass is 28.4. The zero-order chi connectivity index (χ0) is 17.3. The van der Waals surface area contributed by atoms with Gasteiger partial charge >= 0.3 is 5.97 Å². The van der Waals surface area contributed by atoms with E-state index in [4.69, 9.17) is 9.16 Å². The fourth-order valence-corrected chi connectivity index (χ4v) is 2.69. The monoisotopic (exact) mass is 332 g/mol. The molecule has 0 atom stereocenters. The lowest BCUT2D eigenvalue weighted by Crippen LogP contribution is -2.40. The van der Waals surface area contributed by atoms with Crippen LogP contribution in [0.3, 0.4) is 0 Å². The average molecular weight is 333 g/mol. The van der Waals surface area contributed by atoms with Crippen LogP contribution in [-0.2, 0) is 9.16 Å². The van der Waals surface area contributed by atoms with Gasteiger partial charge in [0.15, 0.2) is 14.9 Å². The van der Waals surface area contributed by atoms with Crippen molar-refractivity contribution in [2.24, 2.45) is 0 Å². The van der Waals surface area contributed by atoms with Crippen molar-refractivity contribution >= 4 is 14.3 Å². The van der Waals surface area contributed by atoms with Gasteiger partial charge in [-0.15, -0.1) is 0 Å². The van der Waals surface area contributed by atoms with Crippen LogP contribution in [0.25, 0.3) is 0 Å². The van der Waals surface area contributed by atoms with Crippen molar-refractivity contribution in [3.8, 4) is 11.8 Å². The number of ether oxygens (including phenoxy) is 1. The van der Waals surface area contributed by atoms with Crippen molar-refractivity contribution in [3.05, 3.63) is 35.9 Å². The second kappa shape index (κ2) is 8.90. The molecule has 1 rings (SSSR count). The van der Waals surface area contributed by atoms with Crippen LogP contribution >= 0.6 is 0 Å². The van der Waals surface area contributed by atoms with Crippen molar-refractivity contribution in [2.75, 3.05) is 13.2 Å². The summed E-state index contributed by atoms with van der Waals surface area (Å²) in [6.07, 6.45) is 1.67. The standard InChI is InChI=1S/C19H28O3Si/c1-19(2,3)23(4,5)22-16-12-7-6-11-15-21-18(20)17-13-9-8-10-14-17/h8-10,13-14H,7,12,15-16H2,1-5H3. The van der Waals surface area contributed by atoms with Crippen molar-refractivity contribution in [2.45, 2.75) is 51.7 Å². The minimum atomic E-state index is -1.65. The van der Waals surface area contributed by atoms with E-state index in [0.717, 1.165) is 19.4 Å². The van der Waals surface area contributed by atoms with E-state index in [1.165, 1.54) is 0 Å². The van der Waals surface area contributed by atoms with Crippen LogP contribution < -0.4 is 0 Å². The summed E-state index contributed by atoms with van der Waals surface area (Å²) in [5.74, 6) is 5.57. The highest BCUT2D eigenvalue weighted by Gasteiger charge is 2.36. The van der Waals surface area contributed by atoms with Crippen LogP contribution in [0.1, 0.15) is 44.0 Å². The first-order valence-electron chi connectivity index (χ1n) is 8.06. The van der Waals surface area contributed by atoms with Crippen LogP contribution in [0.2, 0.25) is 18.1 Å². The van der Waals surface area contributed by atoms with Gasteiger partial charge in [-0.25, -0.2) is 4.79 Å². The molecule has 1 aromatic carbocycles. The molecule has 1 aromatic rings. The second-order valence-corrected chi connectivity index (χ2v) is 11.8. The summed E-state index contributed by atoms with van der Waals surface area (Å²) in [6.45, 7) is 12.1. The molecule has 0 aliphatic heterocycles. The van der Waals surface area contributed by atoms with E-state index < -0.39 is 8.32 Å². The van der Waals surface area contributed by atoms with Crippen LogP contribution in [0.4, 0.5) is 0 Å². The lowest BCUT2D eigenvalue weighted by molar-refractivity contribution is 0.0556. The predicted octanol–water partition coefficient (Wildman–Crippen LogP) is 4.65. The summed E-state index contributed by atoms with van der Waals surface area (Å²) in [4.78, 5) is 11.7. The Morgan fingerprint density at radius 3 is 2.39 bits per heavy atom. The minimum Gasteiger partial charge on any atom is -0.449 e. The van der Waals surface area contributed by atoms with Gasteiger partial charge in [-0.05, 0) is 36.7 Å². The smallest absolute Gasteiger partial charge is 0.339 e. The average Bonchev–Trinajstić information content (AvgIpc) is 2.49. The molecule has 4 heteroatoms. The minimum absolute atomic E-state index is 0.136. The molecule has 0 aromatic heterocycles. The first-order chi connectivity index (χ1) is 10.7. The number of esters is 1. The molecule has 23 heavy (non-hydrogen) atoms. The maximum atomic E-state index is 11.7. The van der Waals surface area contributed by atoms with E-state index in [0.29, 0.717) is 5.56 Å². The lowest BCUT2D eigenvalue weighted by atomic mass is 10.2. The fraction of sp³-hybridized carbons (Fsp3) is 0.526. The molecule has 0 heterocycles. The zero-order valence-electron chi connectivity index (χ0n) is 14.9. The van der Waals surface area contributed by atoms with Crippen molar-refractivity contribution < 1.29 is 14.0 Å². The zero-order valence-corrected chi connectivity index (χ0v) is 15.9. The van der Waals surface area contributed by atoms with Gasteiger partial charge in [0, 0.05) is 13.0 Å². The van der Waals surface area contributed by atoms with Gasteiger partial charge in [0.05, 0.1) is 5.56 Å². The highest BCUT2D eigenvalue weighted by molar-refractivity contribution is 6.74. The van der Waals surface area contributed by atoms with E-state index in [-0.39, 0.29) is 17.6 Å². The SMILES string of the molecule is CC(C)(C)[Si](C)(C)OCCCC#CCOC(=O)c1ccccc1. The molecular formula is C19H28O3Si. The summed E-state index contributed by atoms with van der Waals surface area (Å²) in [7, 11) is -1.65. The Hall–Kier alpha value is -1.57. The molecule has 0 radical (unpaired) electrons. The number of hydrogen-bond donors (Lipinski definition) is 0. The molecule has 0 aliphatic rings. The van der Waals surface area contributed by atoms with Crippen LogP contribution in [0.15, 0.2) is 30.3 Å². The number of unbranched alkanes of at least 4 members (excludes halogenated alkanes) is 1. The van der Waals surface area contributed by atoms with Gasteiger partial charge < -0.3 is 9.16 Å². The Morgan fingerprint density at radius 1 is 1.13 bits per heavy atom. The van der Waals surface area contributed by atoms with E-state index in [1.54, 1.807) is 12.1 Å². The van der Waals surface area contributed by atoms with E-state index >= 15 is 0 Å². The molecule has 0 spiro atoms. The quantitative estimate of drug-likeness (QED) is 0.329. The molecule has 0 bridgehead atoms. The number of carbonyl (C=O) groups excluding carboxylic acids is 1. The second-order valence-electron chi connectivity index (χ2n) is 7.01. The lowest BCUT2D eigenvalue weighted by Gasteiger charge is -2.36. The highest BCUT2D eigenvalue weighted by Crippen LogP contribution is 2.36. The first-order valence-corrected chi connectivity index (χ1v) is 11.0. The van der Waals surface area contributed by atoms with Gasteiger partial charge in [0.25, 0.3) is 0 Å². The van der Waals surface area contributed by atoms with Crippen molar-refractivity contribution in [3.63, 3.8) is 0 Å². The van der Waals surface area contributed by atoms with Gasteiger partial charge in [0.1, 0.15) is 0 Å². The van der Waals surface area contributed by atoms with Crippen LogP contribution in [0, 0.1) is 11.8 Å². The van der Waals surface area contributed by atoms with Gasteiger partial charge in [0.2, 0.25) is 0 Å². The third-order valence-electron chi connectivity index (χ3n) is 4.13. The van der Waals surface area contributed by atoms with E-state index in [1.807, 2.05) is 18.2 Å². The first kappa shape index (κ1) is 19.5. The molecule has 0 fully saturated rings. The Bertz CT molecular complexity index is 547. The summed E-state index contributed by atoms with van der Waals surface area (Å²) in [5.41, 5.74) is 0.553. The fourth-order valence-electron chi connectivity index (χ4n) is 1.60. The third-order valence-corrected chi connectivity index (χ3v) is 8.66. The molecule has 0 saturated heterocycles. The Morgan fingerprint density at radius 2 is 1.78 bits per heavy atom. The third kappa shape index (κ3) is 7.02. The summed E-state index contributed by atoms with van der Waals surface area (Å²) >= 11 is 0. The van der Waals surface area contributed by atoms with Gasteiger partial charge in [-0.3, -0.25) is 0 Å². The molecule has 0 aliphatic carbocycles. The topological polar surface area (TPSA) is 35.5 Å². The molecular weight excluding hydrogens is 304 g/mol. The molecule has 0 saturated carbocycles. The van der Waals surface area contributed by atoms with Crippen LogP contribution in [-0.4, -0.2) is 27.5 Å². The van der Waals surface area contributed by atoms with Gasteiger partial charge in [-0.2, -0.15) is 0 Å². The van der Waals surface area contributed by atoms with Crippen molar-refractivity contribution in [1.29, 1.82) is 0 Å². The Labute approximate surface area is 141 Å². The maximum absolute atomic E-state index is 11.7. The molecule has 0 unspecified atom stereocenters. The number of hydrogen-bond acceptors (Lipinski definition) is 3. The van der Waals surface area contributed by atoms with E-state index in [2.05, 4.69) is 45.7 Å². The predicted molar refractivity (Wildman–Crippen MR) is 96.9 cm³/mol. The number of rotatable bonds is 6. The van der Waals surface area contributed by atoms with E-state index in [9.17, 15) is 4.79 Å². The normalized spacial score (nSPS) is 11.5. The summed E-state index contributed by atoms with van der Waals surface area (Å²) in [5, 5.41) is 0.240. The van der Waals surface area contributed by atoms with Crippen molar-refractivity contribution in [1.82, 2.24) is 0 Å². The van der Waals surface area contributed by atoms with Gasteiger partial charge in [-0.1, -0.05) is 50.8 Å². The largest absolute Gasteiger partial charge is 0.449 e. The summed E-state index contributed by atoms with van der Waals surface area (Å²) in [6, 6.07) is 8.94.